The SMILES string of the molecule is Cc1cc(N2CCN(c3ccccc3S(N)(=O)=O)CC2)nc(C)n1. The van der Waals surface area contributed by atoms with Gasteiger partial charge in [0.05, 0.1) is 5.69 Å². The number of primary sulfonamides is 1. The van der Waals surface area contributed by atoms with Gasteiger partial charge in [-0.1, -0.05) is 12.1 Å². The minimum absolute atomic E-state index is 0.173. The molecule has 1 aliphatic rings. The van der Waals surface area contributed by atoms with Crippen molar-refractivity contribution in [3.63, 3.8) is 0 Å². The van der Waals surface area contributed by atoms with E-state index in [9.17, 15) is 8.42 Å². The summed E-state index contributed by atoms with van der Waals surface area (Å²) >= 11 is 0. The zero-order valence-corrected chi connectivity index (χ0v) is 14.6. The number of hydrogen-bond donors (Lipinski definition) is 1. The maximum Gasteiger partial charge on any atom is 0.240 e. The van der Waals surface area contributed by atoms with E-state index in [2.05, 4.69) is 19.8 Å². The molecule has 1 fully saturated rings. The summed E-state index contributed by atoms with van der Waals surface area (Å²) in [6, 6.07) is 8.84. The van der Waals surface area contributed by atoms with E-state index in [1.54, 1.807) is 18.2 Å². The topological polar surface area (TPSA) is 92.4 Å². The molecule has 1 aromatic carbocycles. The lowest BCUT2D eigenvalue weighted by atomic mass is 10.2. The highest BCUT2D eigenvalue weighted by molar-refractivity contribution is 7.89. The maximum atomic E-state index is 11.8. The molecule has 24 heavy (non-hydrogen) atoms. The van der Waals surface area contributed by atoms with E-state index in [1.807, 2.05) is 26.0 Å². The average Bonchev–Trinajstić information content (AvgIpc) is 2.53. The normalized spacial score (nSPS) is 15.6. The Balaban J connectivity index is 1.79. The van der Waals surface area contributed by atoms with Crippen molar-refractivity contribution in [2.24, 2.45) is 5.14 Å². The number of rotatable bonds is 3. The fourth-order valence-electron chi connectivity index (χ4n) is 2.99. The molecule has 0 atom stereocenters. The molecule has 0 aliphatic carbocycles. The predicted molar refractivity (Wildman–Crippen MR) is 93.7 cm³/mol. The first-order valence-corrected chi connectivity index (χ1v) is 9.33. The van der Waals surface area contributed by atoms with E-state index in [4.69, 9.17) is 5.14 Å². The lowest BCUT2D eigenvalue weighted by Gasteiger charge is -2.37. The molecule has 0 unspecified atom stereocenters. The van der Waals surface area contributed by atoms with Gasteiger partial charge in [0.25, 0.3) is 0 Å². The Labute approximate surface area is 142 Å². The highest BCUT2D eigenvalue weighted by Crippen LogP contribution is 2.26. The second-order valence-electron chi connectivity index (χ2n) is 5.90. The van der Waals surface area contributed by atoms with Gasteiger partial charge in [0.15, 0.2) is 0 Å². The number of sulfonamides is 1. The summed E-state index contributed by atoms with van der Waals surface area (Å²) in [6.45, 7) is 6.76. The standard InChI is InChI=1S/C16H21N5O2S/c1-12-11-16(19-13(2)18-12)21-9-7-20(8-10-21)14-5-3-4-6-15(14)24(17,22)23/h3-6,11H,7-10H2,1-2H3,(H2,17,22,23). The number of nitrogens with two attached hydrogens (primary N) is 1. The highest BCUT2D eigenvalue weighted by atomic mass is 32.2. The van der Waals surface area contributed by atoms with Crippen molar-refractivity contribution in [2.45, 2.75) is 18.7 Å². The van der Waals surface area contributed by atoms with Crippen molar-refractivity contribution in [3.05, 3.63) is 41.9 Å². The summed E-state index contributed by atoms with van der Waals surface area (Å²) in [7, 11) is -3.74. The molecule has 0 spiro atoms. The van der Waals surface area contributed by atoms with Crippen LogP contribution in [0.4, 0.5) is 11.5 Å². The van der Waals surface area contributed by atoms with E-state index in [-0.39, 0.29) is 4.90 Å². The van der Waals surface area contributed by atoms with Crippen LogP contribution in [-0.2, 0) is 10.0 Å². The van der Waals surface area contributed by atoms with Crippen molar-refractivity contribution in [1.29, 1.82) is 0 Å². The van der Waals surface area contributed by atoms with Crippen LogP contribution in [0.3, 0.4) is 0 Å². The van der Waals surface area contributed by atoms with Crippen LogP contribution in [0.5, 0.6) is 0 Å². The monoisotopic (exact) mass is 347 g/mol. The smallest absolute Gasteiger partial charge is 0.240 e. The minimum Gasteiger partial charge on any atom is -0.367 e. The molecule has 128 valence electrons. The molecule has 2 heterocycles. The fraction of sp³-hybridized carbons (Fsp3) is 0.375. The fourth-order valence-corrected chi connectivity index (χ4v) is 3.75. The van der Waals surface area contributed by atoms with Crippen LogP contribution >= 0.6 is 0 Å². The second-order valence-corrected chi connectivity index (χ2v) is 7.43. The molecule has 0 saturated carbocycles. The highest BCUT2D eigenvalue weighted by Gasteiger charge is 2.23. The van der Waals surface area contributed by atoms with Gasteiger partial charge >= 0.3 is 0 Å². The molecule has 0 radical (unpaired) electrons. The van der Waals surface area contributed by atoms with Gasteiger partial charge in [0.1, 0.15) is 16.5 Å². The molecule has 3 rings (SSSR count). The van der Waals surface area contributed by atoms with E-state index in [1.165, 1.54) is 0 Å². The van der Waals surface area contributed by atoms with Gasteiger partial charge < -0.3 is 9.80 Å². The van der Waals surface area contributed by atoms with Crippen molar-refractivity contribution in [1.82, 2.24) is 9.97 Å². The molecular formula is C16H21N5O2S. The number of aromatic nitrogens is 2. The summed E-state index contributed by atoms with van der Waals surface area (Å²) < 4.78 is 23.6. The number of nitrogens with zero attached hydrogens (tertiary/aromatic N) is 4. The van der Waals surface area contributed by atoms with Crippen molar-refractivity contribution >= 4 is 21.5 Å². The van der Waals surface area contributed by atoms with E-state index < -0.39 is 10.0 Å². The van der Waals surface area contributed by atoms with Gasteiger partial charge in [-0.2, -0.15) is 0 Å². The lowest BCUT2D eigenvalue weighted by Crippen LogP contribution is -2.47. The Morgan fingerprint density at radius 2 is 1.62 bits per heavy atom. The molecule has 0 bridgehead atoms. The Hall–Kier alpha value is -2.19. The van der Waals surface area contributed by atoms with E-state index >= 15 is 0 Å². The zero-order chi connectivity index (χ0) is 17.3. The minimum atomic E-state index is -3.74. The molecule has 7 nitrogen and oxygen atoms in total. The zero-order valence-electron chi connectivity index (χ0n) is 13.8. The summed E-state index contributed by atoms with van der Waals surface area (Å²) in [4.78, 5) is 13.2. The van der Waals surface area contributed by atoms with Gasteiger partial charge in [-0.15, -0.1) is 0 Å². The predicted octanol–water partition coefficient (Wildman–Crippen LogP) is 1.07. The van der Waals surface area contributed by atoms with Gasteiger partial charge in [-0.25, -0.2) is 23.5 Å². The van der Waals surface area contributed by atoms with Crippen LogP contribution in [-0.4, -0.2) is 44.6 Å². The van der Waals surface area contributed by atoms with Gasteiger partial charge in [0.2, 0.25) is 10.0 Å². The molecule has 1 saturated heterocycles. The molecule has 1 aliphatic heterocycles. The molecule has 0 amide bonds. The van der Waals surface area contributed by atoms with Crippen LogP contribution in [0.1, 0.15) is 11.5 Å². The summed E-state index contributed by atoms with van der Waals surface area (Å²) in [5, 5.41) is 5.33. The Bertz CT molecular complexity index is 825. The molecule has 1 aromatic heterocycles. The van der Waals surface area contributed by atoms with Crippen molar-refractivity contribution < 1.29 is 8.42 Å². The van der Waals surface area contributed by atoms with Gasteiger partial charge in [-0.05, 0) is 26.0 Å². The summed E-state index contributed by atoms with van der Waals surface area (Å²) in [5.41, 5.74) is 1.61. The van der Waals surface area contributed by atoms with Gasteiger partial charge in [-0.3, -0.25) is 0 Å². The first-order valence-electron chi connectivity index (χ1n) is 7.78. The lowest BCUT2D eigenvalue weighted by molar-refractivity contribution is 0.595. The largest absolute Gasteiger partial charge is 0.367 e. The first-order chi connectivity index (χ1) is 11.3. The Morgan fingerprint density at radius 1 is 1.00 bits per heavy atom. The quantitative estimate of drug-likeness (QED) is 0.893. The number of piperazine rings is 1. The van der Waals surface area contributed by atoms with Gasteiger partial charge in [0, 0.05) is 37.9 Å². The molecule has 8 heteroatoms. The number of anilines is 2. The van der Waals surface area contributed by atoms with E-state index in [0.717, 1.165) is 30.4 Å². The van der Waals surface area contributed by atoms with Crippen LogP contribution in [0.25, 0.3) is 0 Å². The molecular weight excluding hydrogens is 326 g/mol. The Kier molecular flexibility index (Phi) is 4.42. The summed E-state index contributed by atoms with van der Waals surface area (Å²) in [6.07, 6.45) is 0. The number of hydrogen-bond acceptors (Lipinski definition) is 6. The third-order valence-corrected chi connectivity index (χ3v) is 5.03. The third kappa shape index (κ3) is 3.49. The third-order valence-electron chi connectivity index (χ3n) is 4.07. The number of benzene rings is 1. The van der Waals surface area contributed by atoms with Crippen LogP contribution in [0.2, 0.25) is 0 Å². The first kappa shape index (κ1) is 16.7. The second kappa shape index (κ2) is 6.37. The number of para-hydroxylation sites is 1. The summed E-state index contributed by atoms with van der Waals surface area (Å²) in [5.74, 6) is 1.67. The maximum absolute atomic E-state index is 11.8. The average molecular weight is 347 g/mol. The molecule has 2 aromatic rings. The van der Waals surface area contributed by atoms with Crippen LogP contribution < -0.4 is 14.9 Å². The van der Waals surface area contributed by atoms with E-state index in [0.29, 0.717) is 18.8 Å². The van der Waals surface area contributed by atoms with Crippen molar-refractivity contribution in [3.8, 4) is 0 Å². The van der Waals surface area contributed by atoms with Crippen molar-refractivity contribution in [2.75, 3.05) is 36.0 Å². The van der Waals surface area contributed by atoms with Crippen LogP contribution in [0, 0.1) is 13.8 Å². The molecule has 2 N–H and O–H groups in total. The van der Waals surface area contributed by atoms with Crippen LogP contribution in [0.15, 0.2) is 35.2 Å². The number of aryl methyl sites for hydroxylation is 2. The Morgan fingerprint density at radius 3 is 2.25 bits per heavy atom.